The third-order valence-electron chi connectivity index (χ3n) is 3.17. The summed E-state index contributed by atoms with van der Waals surface area (Å²) in [7, 11) is 0. The van der Waals surface area contributed by atoms with Gasteiger partial charge in [0.1, 0.15) is 0 Å². The lowest BCUT2D eigenvalue weighted by Crippen LogP contribution is -2.43. The first-order valence-electron chi connectivity index (χ1n) is 7.49. The molecule has 0 saturated heterocycles. The Morgan fingerprint density at radius 1 is 1.00 bits per heavy atom. The zero-order valence-electron chi connectivity index (χ0n) is 13.4. The van der Waals surface area contributed by atoms with Crippen molar-refractivity contribution >= 4 is 12.0 Å². The van der Waals surface area contributed by atoms with E-state index in [0.29, 0.717) is 18.3 Å². The van der Waals surface area contributed by atoms with Crippen LogP contribution < -0.4 is 10.6 Å². The van der Waals surface area contributed by atoms with Crippen LogP contribution in [0.25, 0.3) is 0 Å². The van der Waals surface area contributed by atoms with Gasteiger partial charge in [0.25, 0.3) is 0 Å². The summed E-state index contributed by atoms with van der Waals surface area (Å²) >= 11 is 0. The number of nitrogens with one attached hydrogen (secondary N) is 2. The highest BCUT2D eigenvalue weighted by molar-refractivity contribution is 5.76. The van der Waals surface area contributed by atoms with E-state index < -0.39 is 11.9 Å². The van der Waals surface area contributed by atoms with Crippen molar-refractivity contribution in [3.63, 3.8) is 0 Å². The van der Waals surface area contributed by atoms with Crippen molar-refractivity contribution in [3.8, 4) is 0 Å². The monoisotopic (exact) mass is 286 g/mol. The molecule has 2 unspecified atom stereocenters. The Kier molecular flexibility index (Phi) is 9.01. The molecule has 0 fully saturated rings. The van der Waals surface area contributed by atoms with Crippen LogP contribution in [0.5, 0.6) is 0 Å². The normalized spacial score (nSPS) is 14.2. The quantitative estimate of drug-likeness (QED) is 0.610. The second-order valence-corrected chi connectivity index (χ2v) is 6.39. The van der Waals surface area contributed by atoms with Crippen LogP contribution >= 0.6 is 0 Å². The standard InChI is InChI=1S/C15H30N2O3/c1-10(2)6-7-12(5)17-15(20)16-9-13(14(18)19)8-11(3)4/h10-13H,6-9H2,1-5H3,(H,18,19)(H2,16,17,20). The lowest BCUT2D eigenvalue weighted by molar-refractivity contribution is -0.142. The van der Waals surface area contributed by atoms with Gasteiger partial charge in [0.15, 0.2) is 0 Å². The second-order valence-electron chi connectivity index (χ2n) is 6.39. The predicted molar refractivity (Wildman–Crippen MR) is 80.6 cm³/mol. The Labute approximate surface area is 122 Å². The van der Waals surface area contributed by atoms with Gasteiger partial charge in [0.2, 0.25) is 0 Å². The molecule has 0 aromatic carbocycles. The molecule has 0 aliphatic heterocycles. The van der Waals surface area contributed by atoms with Gasteiger partial charge in [-0.25, -0.2) is 4.79 Å². The fourth-order valence-corrected chi connectivity index (χ4v) is 1.99. The van der Waals surface area contributed by atoms with Crippen LogP contribution in [0.4, 0.5) is 4.79 Å². The molecule has 0 spiro atoms. The number of hydrogen-bond donors (Lipinski definition) is 3. The van der Waals surface area contributed by atoms with E-state index in [1.165, 1.54) is 0 Å². The fraction of sp³-hybridized carbons (Fsp3) is 0.867. The largest absolute Gasteiger partial charge is 0.481 e. The molecule has 0 heterocycles. The molecule has 118 valence electrons. The summed E-state index contributed by atoms with van der Waals surface area (Å²) < 4.78 is 0. The van der Waals surface area contributed by atoms with E-state index in [0.717, 1.165) is 12.8 Å². The van der Waals surface area contributed by atoms with E-state index in [1.807, 2.05) is 20.8 Å². The van der Waals surface area contributed by atoms with Gasteiger partial charge >= 0.3 is 12.0 Å². The molecule has 5 nitrogen and oxygen atoms in total. The van der Waals surface area contributed by atoms with Crippen molar-refractivity contribution in [3.05, 3.63) is 0 Å². The predicted octanol–water partition coefficient (Wildman–Crippen LogP) is 2.86. The summed E-state index contributed by atoms with van der Waals surface area (Å²) in [5, 5.41) is 14.6. The molecule has 0 aromatic rings. The van der Waals surface area contributed by atoms with E-state index in [-0.39, 0.29) is 18.6 Å². The number of carboxylic acid groups (broad SMARTS) is 1. The van der Waals surface area contributed by atoms with Crippen LogP contribution in [0.1, 0.15) is 53.9 Å². The van der Waals surface area contributed by atoms with Gasteiger partial charge in [-0.15, -0.1) is 0 Å². The first kappa shape index (κ1) is 18.7. The second kappa shape index (κ2) is 9.61. The van der Waals surface area contributed by atoms with Gasteiger partial charge in [-0.05, 0) is 38.0 Å². The molecule has 3 N–H and O–H groups in total. The number of urea groups is 1. The Hall–Kier alpha value is -1.26. The average Bonchev–Trinajstić information content (AvgIpc) is 2.31. The van der Waals surface area contributed by atoms with E-state index >= 15 is 0 Å². The topological polar surface area (TPSA) is 78.4 Å². The number of hydrogen-bond acceptors (Lipinski definition) is 2. The summed E-state index contributed by atoms with van der Waals surface area (Å²) in [6, 6.07) is -0.179. The summed E-state index contributed by atoms with van der Waals surface area (Å²) in [5.41, 5.74) is 0. The molecule has 5 heteroatoms. The van der Waals surface area contributed by atoms with Gasteiger partial charge in [0, 0.05) is 12.6 Å². The minimum absolute atomic E-state index is 0.103. The molecule has 0 bridgehead atoms. The molecular formula is C15H30N2O3. The maximum atomic E-state index is 11.7. The third kappa shape index (κ3) is 9.64. The van der Waals surface area contributed by atoms with Crippen LogP contribution in [0.15, 0.2) is 0 Å². The summed E-state index contributed by atoms with van der Waals surface area (Å²) in [6.07, 6.45) is 2.56. The fourth-order valence-electron chi connectivity index (χ4n) is 1.99. The minimum Gasteiger partial charge on any atom is -0.481 e. The third-order valence-corrected chi connectivity index (χ3v) is 3.17. The highest BCUT2D eigenvalue weighted by atomic mass is 16.4. The van der Waals surface area contributed by atoms with Crippen molar-refractivity contribution < 1.29 is 14.7 Å². The summed E-state index contributed by atoms with van der Waals surface area (Å²) in [4.78, 5) is 22.8. The van der Waals surface area contributed by atoms with E-state index in [1.54, 1.807) is 0 Å². The van der Waals surface area contributed by atoms with E-state index in [4.69, 9.17) is 5.11 Å². The van der Waals surface area contributed by atoms with Crippen molar-refractivity contribution in [2.24, 2.45) is 17.8 Å². The molecule has 2 atom stereocenters. The van der Waals surface area contributed by atoms with Gasteiger partial charge in [0.05, 0.1) is 5.92 Å². The van der Waals surface area contributed by atoms with Crippen LogP contribution in [0, 0.1) is 17.8 Å². The Bertz CT molecular complexity index is 303. The van der Waals surface area contributed by atoms with Crippen LogP contribution in [0.3, 0.4) is 0 Å². The number of aliphatic carboxylic acids is 1. The van der Waals surface area contributed by atoms with Crippen molar-refractivity contribution in [1.82, 2.24) is 10.6 Å². The Balaban J connectivity index is 4.03. The summed E-state index contributed by atoms with van der Waals surface area (Å²) in [6.45, 7) is 10.4. The SMILES string of the molecule is CC(C)CCC(C)NC(=O)NCC(CC(C)C)C(=O)O. The zero-order chi connectivity index (χ0) is 15.7. The Morgan fingerprint density at radius 2 is 1.60 bits per heavy atom. The highest BCUT2D eigenvalue weighted by Gasteiger charge is 2.19. The van der Waals surface area contributed by atoms with Gasteiger partial charge in [-0.2, -0.15) is 0 Å². The maximum absolute atomic E-state index is 11.7. The number of carbonyl (C=O) groups excluding carboxylic acids is 1. The number of amides is 2. The first-order chi connectivity index (χ1) is 9.22. The molecule has 0 saturated carbocycles. The average molecular weight is 286 g/mol. The minimum atomic E-state index is -0.855. The lowest BCUT2D eigenvalue weighted by Gasteiger charge is -2.18. The molecule has 2 amide bonds. The summed E-state index contributed by atoms with van der Waals surface area (Å²) in [5.74, 6) is -0.464. The van der Waals surface area contributed by atoms with Crippen LogP contribution in [-0.4, -0.2) is 29.7 Å². The van der Waals surface area contributed by atoms with Crippen molar-refractivity contribution in [1.29, 1.82) is 0 Å². The number of carboxylic acids is 1. The molecular weight excluding hydrogens is 256 g/mol. The zero-order valence-corrected chi connectivity index (χ0v) is 13.4. The Morgan fingerprint density at radius 3 is 2.05 bits per heavy atom. The van der Waals surface area contributed by atoms with Gasteiger partial charge < -0.3 is 15.7 Å². The molecule has 0 aliphatic rings. The van der Waals surface area contributed by atoms with Gasteiger partial charge in [-0.3, -0.25) is 4.79 Å². The lowest BCUT2D eigenvalue weighted by atomic mass is 9.97. The van der Waals surface area contributed by atoms with Gasteiger partial charge in [-0.1, -0.05) is 27.7 Å². The smallest absolute Gasteiger partial charge is 0.315 e. The number of rotatable bonds is 9. The van der Waals surface area contributed by atoms with Crippen LogP contribution in [0.2, 0.25) is 0 Å². The van der Waals surface area contributed by atoms with E-state index in [9.17, 15) is 9.59 Å². The molecule has 20 heavy (non-hydrogen) atoms. The molecule has 0 rings (SSSR count). The first-order valence-corrected chi connectivity index (χ1v) is 7.49. The van der Waals surface area contributed by atoms with E-state index in [2.05, 4.69) is 24.5 Å². The maximum Gasteiger partial charge on any atom is 0.315 e. The molecule has 0 radical (unpaired) electrons. The van der Waals surface area contributed by atoms with Crippen LogP contribution in [-0.2, 0) is 4.79 Å². The molecule has 0 aromatic heterocycles. The number of carbonyl (C=O) groups is 2. The van der Waals surface area contributed by atoms with Crippen molar-refractivity contribution in [2.75, 3.05) is 6.54 Å². The highest BCUT2D eigenvalue weighted by Crippen LogP contribution is 2.11. The van der Waals surface area contributed by atoms with Crippen molar-refractivity contribution in [2.45, 2.75) is 59.9 Å². The molecule has 0 aliphatic carbocycles.